The summed E-state index contributed by atoms with van der Waals surface area (Å²) in [6, 6.07) is 7.31. The van der Waals surface area contributed by atoms with E-state index < -0.39 is 0 Å². The molecule has 94 valence electrons. The quantitative estimate of drug-likeness (QED) is 0.861. The molecule has 0 aliphatic heterocycles. The predicted octanol–water partition coefficient (Wildman–Crippen LogP) is 3.53. The van der Waals surface area contributed by atoms with E-state index >= 15 is 0 Å². The van der Waals surface area contributed by atoms with Gasteiger partial charge in [-0.2, -0.15) is 0 Å². The maximum Gasteiger partial charge on any atom is 0.252 e. The molecular weight excluding hydrogens is 336 g/mol. The first-order valence-electron chi connectivity index (χ1n) is 5.29. The lowest BCUT2D eigenvalue weighted by atomic mass is 10.2. The van der Waals surface area contributed by atoms with Crippen LogP contribution in [0.2, 0.25) is 4.34 Å². The Morgan fingerprint density at radius 2 is 2.22 bits per heavy atom. The first-order chi connectivity index (χ1) is 8.65. The smallest absolute Gasteiger partial charge is 0.252 e. The summed E-state index contributed by atoms with van der Waals surface area (Å²) in [7, 11) is 0. The average Bonchev–Trinajstić information content (AvgIpc) is 2.76. The highest BCUT2D eigenvalue weighted by molar-refractivity contribution is 9.10. The van der Waals surface area contributed by atoms with Gasteiger partial charge in [-0.1, -0.05) is 11.6 Å². The molecule has 0 spiro atoms. The lowest BCUT2D eigenvalue weighted by Crippen LogP contribution is -2.25. The number of rotatable bonds is 4. The van der Waals surface area contributed by atoms with Gasteiger partial charge in [0, 0.05) is 17.6 Å². The number of halogens is 2. The molecule has 0 aromatic carbocycles. The number of carbonyl (C=O) groups is 1. The fraction of sp³-hybridized carbons (Fsp3) is 0.167. The van der Waals surface area contributed by atoms with Crippen LogP contribution in [0.3, 0.4) is 0 Å². The van der Waals surface area contributed by atoms with Crippen molar-refractivity contribution in [1.29, 1.82) is 0 Å². The molecule has 2 heterocycles. The Morgan fingerprint density at radius 1 is 1.39 bits per heavy atom. The largest absolute Gasteiger partial charge is 0.352 e. The van der Waals surface area contributed by atoms with Gasteiger partial charge in [0.15, 0.2) is 0 Å². The van der Waals surface area contributed by atoms with Gasteiger partial charge in [-0.05, 0) is 46.6 Å². The van der Waals surface area contributed by atoms with Gasteiger partial charge in [0.05, 0.1) is 9.90 Å². The summed E-state index contributed by atoms with van der Waals surface area (Å²) in [5.41, 5.74) is 0.558. The van der Waals surface area contributed by atoms with Crippen molar-refractivity contribution in [2.24, 2.45) is 0 Å². The molecule has 6 heteroatoms. The highest BCUT2D eigenvalue weighted by Gasteiger charge is 2.05. The van der Waals surface area contributed by atoms with Crippen LogP contribution in [0.1, 0.15) is 15.2 Å². The number of amides is 1. The Morgan fingerprint density at radius 3 is 2.83 bits per heavy atom. The van der Waals surface area contributed by atoms with E-state index in [-0.39, 0.29) is 5.91 Å². The van der Waals surface area contributed by atoms with Crippen molar-refractivity contribution in [2.75, 3.05) is 6.54 Å². The number of aromatic nitrogens is 1. The van der Waals surface area contributed by atoms with Crippen molar-refractivity contribution >= 4 is 44.8 Å². The van der Waals surface area contributed by atoms with E-state index in [4.69, 9.17) is 11.6 Å². The SMILES string of the molecule is O=C(NCCc1ccc(Cl)s1)c1ccc(Br)nc1. The second-order valence-corrected chi connectivity index (χ2v) is 6.19. The van der Waals surface area contributed by atoms with E-state index in [1.807, 2.05) is 12.1 Å². The van der Waals surface area contributed by atoms with Crippen molar-refractivity contribution in [3.63, 3.8) is 0 Å². The highest BCUT2D eigenvalue weighted by Crippen LogP contribution is 2.21. The number of hydrogen-bond acceptors (Lipinski definition) is 3. The number of carbonyl (C=O) groups excluding carboxylic acids is 1. The molecule has 0 unspecified atom stereocenters. The van der Waals surface area contributed by atoms with Crippen LogP contribution in [0.4, 0.5) is 0 Å². The normalized spacial score (nSPS) is 10.3. The fourth-order valence-corrected chi connectivity index (χ4v) is 2.72. The molecule has 1 N–H and O–H groups in total. The monoisotopic (exact) mass is 344 g/mol. The number of hydrogen-bond donors (Lipinski definition) is 1. The van der Waals surface area contributed by atoms with E-state index in [1.54, 1.807) is 18.3 Å². The summed E-state index contributed by atoms with van der Waals surface area (Å²) in [6.45, 7) is 0.589. The fourth-order valence-electron chi connectivity index (χ4n) is 1.40. The van der Waals surface area contributed by atoms with E-state index in [0.29, 0.717) is 16.7 Å². The molecule has 0 bridgehead atoms. The van der Waals surface area contributed by atoms with Crippen molar-refractivity contribution < 1.29 is 4.79 Å². The summed E-state index contributed by atoms with van der Waals surface area (Å²) in [6.07, 6.45) is 2.33. The van der Waals surface area contributed by atoms with Crippen molar-refractivity contribution in [3.8, 4) is 0 Å². The minimum absolute atomic E-state index is 0.113. The van der Waals surface area contributed by atoms with Crippen LogP contribution in [0.25, 0.3) is 0 Å². The minimum Gasteiger partial charge on any atom is -0.352 e. The topological polar surface area (TPSA) is 42.0 Å². The summed E-state index contributed by atoms with van der Waals surface area (Å²) >= 11 is 10.6. The lowest BCUT2D eigenvalue weighted by molar-refractivity contribution is 0.0954. The molecule has 0 saturated carbocycles. The summed E-state index contributed by atoms with van der Waals surface area (Å²) in [4.78, 5) is 16.9. The zero-order valence-corrected chi connectivity index (χ0v) is 12.5. The first-order valence-corrected chi connectivity index (χ1v) is 7.28. The molecule has 2 aromatic heterocycles. The van der Waals surface area contributed by atoms with Crippen LogP contribution < -0.4 is 5.32 Å². The summed E-state index contributed by atoms with van der Waals surface area (Å²) < 4.78 is 1.49. The third-order valence-electron chi connectivity index (χ3n) is 2.28. The van der Waals surface area contributed by atoms with Crippen LogP contribution in [-0.4, -0.2) is 17.4 Å². The van der Waals surface area contributed by atoms with E-state index in [2.05, 4.69) is 26.2 Å². The Kier molecular flexibility index (Phi) is 4.74. The van der Waals surface area contributed by atoms with Gasteiger partial charge in [-0.3, -0.25) is 4.79 Å². The van der Waals surface area contributed by atoms with Gasteiger partial charge >= 0.3 is 0 Å². The summed E-state index contributed by atoms with van der Waals surface area (Å²) in [5.74, 6) is -0.113. The van der Waals surface area contributed by atoms with Gasteiger partial charge < -0.3 is 5.32 Å². The van der Waals surface area contributed by atoms with E-state index in [1.165, 1.54) is 11.3 Å². The maximum absolute atomic E-state index is 11.8. The molecule has 18 heavy (non-hydrogen) atoms. The second-order valence-electron chi connectivity index (χ2n) is 3.58. The third kappa shape index (κ3) is 3.80. The Labute approximate surface area is 122 Å². The Balaban J connectivity index is 1.83. The van der Waals surface area contributed by atoms with Crippen LogP contribution >= 0.6 is 38.9 Å². The number of thiophene rings is 1. The lowest BCUT2D eigenvalue weighted by Gasteiger charge is -2.03. The van der Waals surface area contributed by atoms with Crippen LogP contribution in [0.15, 0.2) is 35.1 Å². The molecule has 0 fully saturated rings. The van der Waals surface area contributed by atoms with E-state index in [9.17, 15) is 4.79 Å². The minimum atomic E-state index is -0.113. The molecule has 0 atom stereocenters. The molecule has 0 radical (unpaired) electrons. The molecule has 2 rings (SSSR count). The zero-order chi connectivity index (χ0) is 13.0. The summed E-state index contributed by atoms with van der Waals surface area (Å²) in [5, 5.41) is 2.85. The third-order valence-corrected chi connectivity index (χ3v) is 4.04. The molecule has 0 aliphatic carbocycles. The van der Waals surface area contributed by atoms with Gasteiger partial charge in [-0.15, -0.1) is 11.3 Å². The highest BCUT2D eigenvalue weighted by atomic mass is 79.9. The van der Waals surface area contributed by atoms with Gasteiger partial charge in [0.25, 0.3) is 5.91 Å². The van der Waals surface area contributed by atoms with Gasteiger partial charge in [0.2, 0.25) is 0 Å². The molecule has 1 amide bonds. The molecule has 0 aliphatic rings. The number of nitrogens with zero attached hydrogens (tertiary/aromatic N) is 1. The molecular formula is C12H10BrClN2OS. The van der Waals surface area contributed by atoms with Crippen LogP contribution in [-0.2, 0) is 6.42 Å². The maximum atomic E-state index is 11.8. The standard InChI is InChI=1S/C12H10BrClN2OS/c13-10-3-1-8(7-16-10)12(17)15-6-5-9-2-4-11(14)18-9/h1-4,7H,5-6H2,(H,15,17). The van der Waals surface area contributed by atoms with Gasteiger partial charge in [-0.25, -0.2) is 4.98 Å². The number of pyridine rings is 1. The molecule has 2 aromatic rings. The Hall–Kier alpha value is -0.910. The Bertz CT molecular complexity index is 541. The van der Waals surface area contributed by atoms with Crippen LogP contribution in [0, 0.1) is 0 Å². The number of nitrogens with one attached hydrogen (secondary N) is 1. The second kappa shape index (κ2) is 6.31. The van der Waals surface area contributed by atoms with Crippen molar-refractivity contribution in [2.45, 2.75) is 6.42 Å². The van der Waals surface area contributed by atoms with Crippen molar-refractivity contribution in [3.05, 3.63) is 49.8 Å². The first kappa shape index (κ1) is 13.5. The zero-order valence-electron chi connectivity index (χ0n) is 9.32. The van der Waals surface area contributed by atoms with Crippen molar-refractivity contribution in [1.82, 2.24) is 10.3 Å². The molecule has 0 saturated heterocycles. The predicted molar refractivity (Wildman–Crippen MR) is 77.3 cm³/mol. The van der Waals surface area contributed by atoms with Crippen LogP contribution in [0.5, 0.6) is 0 Å². The van der Waals surface area contributed by atoms with E-state index in [0.717, 1.165) is 15.6 Å². The van der Waals surface area contributed by atoms with Gasteiger partial charge in [0.1, 0.15) is 4.60 Å². The average molecular weight is 346 g/mol. The molecule has 3 nitrogen and oxygen atoms in total.